The van der Waals surface area contributed by atoms with Crippen molar-refractivity contribution in [3.63, 3.8) is 0 Å². The molecular weight excluding hydrogens is 414 g/mol. The van der Waals surface area contributed by atoms with Gasteiger partial charge in [0.1, 0.15) is 0 Å². The van der Waals surface area contributed by atoms with E-state index in [9.17, 15) is 0 Å². The van der Waals surface area contributed by atoms with Gasteiger partial charge in [0.05, 0.1) is 45.7 Å². The van der Waals surface area contributed by atoms with Crippen LogP contribution in [0.5, 0.6) is 0 Å². The maximum Gasteiger partial charge on any atom is 0.154 e. The molecule has 0 unspecified atom stereocenters. The Morgan fingerprint density at radius 2 is 1.67 bits per heavy atom. The molecule has 0 aliphatic carbocycles. The molecule has 4 heteroatoms. The van der Waals surface area contributed by atoms with Crippen molar-refractivity contribution in [3.8, 4) is 11.1 Å². The number of anilines is 1. The highest BCUT2D eigenvalue weighted by molar-refractivity contribution is 14.2. The Bertz CT molecular complexity index is 443. The zero-order valence-electron chi connectivity index (χ0n) is 7.77. The number of pyridine rings is 1. The lowest BCUT2D eigenvalue weighted by Gasteiger charge is -2.11. The summed E-state index contributed by atoms with van der Waals surface area (Å²) in [7, 11) is 0. The second-order valence-corrected chi connectivity index (χ2v) is 6.75. The second-order valence-electron chi connectivity index (χ2n) is 2.97. The molecule has 0 saturated carbocycles. The average molecular weight is 422 g/mol. The summed E-state index contributed by atoms with van der Waals surface area (Å²) in [4.78, 5) is 4.37. The fraction of sp³-hybridized carbons (Fsp3) is 0. The van der Waals surface area contributed by atoms with Crippen LogP contribution in [0, 0.1) is 0 Å². The minimum atomic E-state index is 0.977. The van der Waals surface area contributed by atoms with Crippen LogP contribution >= 0.6 is 45.7 Å². The van der Waals surface area contributed by atoms with Gasteiger partial charge in [-0.15, -0.1) is 0 Å². The van der Waals surface area contributed by atoms with Gasteiger partial charge in [-0.2, -0.15) is 0 Å². The Balaban J connectivity index is 2.53. The van der Waals surface area contributed by atoms with Crippen LogP contribution in [0.3, 0.4) is 0 Å². The van der Waals surface area contributed by atoms with Crippen molar-refractivity contribution in [2.45, 2.75) is 0 Å². The Hall–Kier alpha value is -0.370. The molecule has 1 aromatic carbocycles. The number of hydrogen-bond donors (Lipinski definition) is 0. The third kappa shape index (κ3) is 2.60. The quantitative estimate of drug-likeness (QED) is 0.532. The second kappa shape index (κ2) is 5.11. The molecule has 2 rings (SSSR count). The molecule has 0 aliphatic rings. The van der Waals surface area contributed by atoms with E-state index in [1.807, 2.05) is 31.8 Å². The number of rotatable bonds is 2. The molecule has 1 heterocycles. The molecule has 0 atom stereocenters. The van der Waals surface area contributed by atoms with E-state index in [-0.39, 0.29) is 0 Å². The number of benzene rings is 1. The number of nitrogens with zero attached hydrogens (tertiary/aromatic N) is 2. The van der Waals surface area contributed by atoms with E-state index >= 15 is 0 Å². The normalized spacial score (nSPS) is 10.0. The Morgan fingerprint density at radius 3 is 2.33 bits per heavy atom. The maximum atomic E-state index is 4.37. The SMILES string of the molecule is IN(I)c1ncccc1-c1ccccc1. The Labute approximate surface area is 117 Å². The first-order valence-electron chi connectivity index (χ1n) is 4.41. The number of aromatic nitrogens is 1. The van der Waals surface area contributed by atoms with Crippen LogP contribution in [0.4, 0.5) is 5.82 Å². The van der Waals surface area contributed by atoms with E-state index < -0.39 is 0 Å². The van der Waals surface area contributed by atoms with Crippen LogP contribution in [0.15, 0.2) is 48.7 Å². The van der Waals surface area contributed by atoms with Gasteiger partial charge in [0.2, 0.25) is 0 Å². The maximum absolute atomic E-state index is 4.37. The van der Waals surface area contributed by atoms with Gasteiger partial charge in [-0.1, -0.05) is 30.3 Å². The van der Waals surface area contributed by atoms with Gasteiger partial charge < -0.3 is 0 Å². The van der Waals surface area contributed by atoms with E-state index in [4.69, 9.17) is 0 Å². The fourth-order valence-electron chi connectivity index (χ4n) is 1.37. The molecule has 2 nitrogen and oxygen atoms in total. The molecular formula is C11H8I2N2. The van der Waals surface area contributed by atoms with Crippen molar-refractivity contribution >= 4 is 51.5 Å². The lowest BCUT2D eigenvalue weighted by molar-refractivity contribution is 1.32. The van der Waals surface area contributed by atoms with Gasteiger partial charge in [0.15, 0.2) is 5.82 Å². The van der Waals surface area contributed by atoms with E-state index in [1.54, 1.807) is 0 Å². The monoisotopic (exact) mass is 422 g/mol. The topological polar surface area (TPSA) is 16.1 Å². The summed E-state index contributed by atoms with van der Waals surface area (Å²) in [5, 5.41) is 0. The van der Waals surface area contributed by atoms with Crippen LogP contribution in [-0.4, -0.2) is 4.98 Å². The average Bonchev–Trinajstić information content (AvgIpc) is 2.30. The summed E-state index contributed by atoms with van der Waals surface area (Å²) in [5.41, 5.74) is 2.35. The van der Waals surface area contributed by atoms with Gasteiger partial charge in [-0.3, -0.25) is 0 Å². The minimum absolute atomic E-state index is 0.977. The molecule has 0 aliphatic heterocycles. The minimum Gasteiger partial charge on any atom is -0.237 e. The first kappa shape index (κ1) is 11.1. The highest BCUT2D eigenvalue weighted by Crippen LogP contribution is 2.32. The van der Waals surface area contributed by atoms with Crippen molar-refractivity contribution in [2.24, 2.45) is 0 Å². The molecule has 15 heavy (non-hydrogen) atoms. The first-order valence-corrected chi connectivity index (χ1v) is 6.34. The van der Waals surface area contributed by atoms with Crippen molar-refractivity contribution in [1.82, 2.24) is 4.98 Å². The summed E-state index contributed by atoms with van der Waals surface area (Å²) in [6.07, 6.45) is 1.81. The summed E-state index contributed by atoms with van der Waals surface area (Å²) in [5.74, 6) is 0.977. The largest absolute Gasteiger partial charge is 0.237 e. The molecule has 0 radical (unpaired) electrons. The lowest BCUT2D eigenvalue weighted by Crippen LogP contribution is -1.96. The molecule has 0 fully saturated rings. The summed E-state index contributed by atoms with van der Waals surface area (Å²) < 4.78 is 1.97. The Morgan fingerprint density at radius 1 is 0.933 bits per heavy atom. The van der Waals surface area contributed by atoms with E-state index in [0.717, 1.165) is 11.4 Å². The molecule has 0 N–H and O–H groups in total. The molecule has 0 saturated heterocycles. The molecule has 0 bridgehead atoms. The van der Waals surface area contributed by atoms with Crippen LogP contribution in [0.1, 0.15) is 0 Å². The van der Waals surface area contributed by atoms with Gasteiger partial charge in [0, 0.05) is 11.8 Å². The molecule has 2 aromatic rings. The van der Waals surface area contributed by atoms with Crippen LogP contribution in [0.25, 0.3) is 11.1 Å². The van der Waals surface area contributed by atoms with Gasteiger partial charge in [-0.05, 0) is 17.7 Å². The Kier molecular flexibility index (Phi) is 3.79. The van der Waals surface area contributed by atoms with E-state index in [2.05, 4.69) is 68.9 Å². The zero-order chi connectivity index (χ0) is 10.7. The number of halogens is 2. The van der Waals surface area contributed by atoms with Crippen molar-refractivity contribution in [3.05, 3.63) is 48.7 Å². The van der Waals surface area contributed by atoms with Gasteiger partial charge >= 0.3 is 0 Å². The highest BCUT2D eigenvalue weighted by Gasteiger charge is 2.08. The molecule has 0 spiro atoms. The molecule has 76 valence electrons. The van der Waals surface area contributed by atoms with Crippen LogP contribution in [0.2, 0.25) is 0 Å². The van der Waals surface area contributed by atoms with E-state index in [0.29, 0.717) is 0 Å². The predicted molar refractivity (Wildman–Crippen MR) is 80.2 cm³/mol. The van der Waals surface area contributed by atoms with E-state index in [1.165, 1.54) is 5.56 Å². The summed E-state index contributed by atoms with van der Waals surface area (Å²) in [6, 6.07) is 14.3. The summed E-state index contributed by atoms with van der Waals surface area (Å²) >= 11 is 4.44. The van der Waals surface area contributed by atoms with Crippen molar-refractivity contribution in [2.75, 3.05) is 1.33 Å². The first-order chi connectivity index (χ1) is 7.29. The van der Waals surface area contributed by atoms with Crippen molar-refractivity contribution < 1.29 is 0 Å². The number of hydrogen-bond acceptors (Lipinski definition) is 2. The van der Waals surface area contributed by atoms with Crippen LogP contribution < -0.4 is 1.33 Å². The molecule has 0 amide bonds. The third-order valence-corrected chi connectivity index (χ3v) is 2.95. The highest BCUT2D eigenvalue weighted by atomic mass is 127. The standard InChI is InChI=1S/C11H8I2N2/c12-15(13)11-10(7-4-8-14-11)9-5-2-1-3-6-9/h1-8H. The zero-order valence-corrected chi connectivity index (χ0v) is 12.1. The smallest absolute Gasteiger partial charge is 0.154 e. The van der Waals surface area contributed by atoms with Gasteiger partial charge in [-0.25, -0.2) is 6.31 Å². The third-order valence-electron chi connectivity index (χ3n) is 2.03. The van der Waals surface area contributed by atoms with Crippen molar-refractivity contribution in [1.29, 1.82) is 0 Å². The molecule has 1 aromatic heterocycles. The summed E-state index contributed by atoms with van der Waals surface area (Å²) in [6.45, 7) is 0. The predicted octanol–water partition coefficient (Wildman–Crippen LogP) is 4.26. The fourth-order valence-corrected chi connectivity index (χ4v) is 2.14. The van der Waals surface area contributed by atoms with Crippen LogP contribution in [-0.2, 0) is 0 Å². The van der Waals surface area contributed by atoms with Gasteiger partial charge in [0.25, 0.3) is 0 Å². The lowest BCUT2D eigenvalue weighted by atomic mass is 10.1.